The fourth-order valence-electron chi connectivity index (χ4n) is 2.75. The first-order chi connectivity index (χ1) is 8.59. The predicted molar refractivity (Wildman–Crippen MR) is 72.8 cm³/mol. The van der Waals surface area contributed by atoms with Gasteiger partial charge in [0.15, 0.2) is 0 Å². The second kappa shape index (κ2) is 4.89. The van der Waals surface area contributed by atoms with Crippen LogP contribution in [-0.4, -0.2) is 19.2 Å². The van der Waals surface area contributed by atoms with E-state index in [2.05, 4.69) is 30.9 Å². The second-order valence-electron chi connectivity index (χ2n) is 5.33. The normalized spacial score (nSPS) is 22.3. The molecule has 0 spiro atoms. The van der Waals surface area contributed by atoms with Gasteiger partial charge in [-0.2, -0.15) is 5.26 Å². The van der Waals surface area contributed by atoms with Crippen molar-refractivity contribution in [2.45, 2.75) is 32.2 Å². The number of piperidine rings is 1. The molecular formula is C15H20N2O. The lowest BCUT2D eigenvalue weighted by Crippen LogP contribution is -2.53. The molecule has 1 aliphatic rings. The number of rotatable bonds is 2. The van der Waals surface area contributed by atoms with Gasteiger partial charge in [0, 0.05) is 18.3 Å². The zero-order valence-corrected chi connectivity index (χ0v) is 11.3. The highest BCUT2D eigenvalue weighted by Gasteiger charge is 2.38. The molecule has 1 heterocycles. The molecule has 0 amide bonds. The van der Waals surface area contributed by atoms with Crippen LogP contribution in [0.15, 0.2) is 24.3 Å². The molecule has 3 heteroatoms. The van der Waals surface area contributed by atoms with E-state index in [4.69, 9.17) is 4.74 Å². The summed E-state index contributed by atoms with van der Waals surface area (Å²) in [5, 5.41) is 9.29. The average Bonchev–Trinajstić information content (AvgIpc) is 2.38. The molecule has 1 saturated heterocycles. The van der Waals surface area contributed by atoms with Crippen LogP contribution < -0.4 is 9.64 Å². The molecular weight excluding hydrogens is 224 g/mol. The summed E-state index contributed by atoms with van der Waals surface area (Å²) in [6.07, 6.45) is 2.06. The van der Waals surface area contributed by atoms with E-state index in [0.29, 0.717) is 0 Å². The Morgan fingerprint density at radius 3 is 2.89 bits per heavy atom. The molecule has 18 heavy (non-hydrogen) atoms. The summed E-state index contributed by atoms with van der Waals surface area (Å²) in [6.45, 7) is 5.30. The Labute approximate surface area is 109 Å². The summed E-state index contributed by atoms with van der Waals surface area (Å²) in [4.78, 5) is 2.33. The lowest BCUT2D eigenvalue weighted by atomic mass is 9.79. The van der Waals surface area contributed by atoms with Crippen LogP contribution in [0.4, 0.5) is 5.69 Å². The predicted octanol–water partition coefficient (Wildman–Crippen LogP) is 3.21. The van der Waals surface area contributed by atoms with Gasteiger partial charge in [-0.25, -0.2) is 0 Å². The van der Waals surface area contributed by atoms with Crippen LogP contribution in [0.3, 0.4) is 0 Å². The molecule has 1 aromatic carbocycles. The van der Waals surface area contributed by atoms with Crippen molar-refractivity contribution in [2.75, 3.05) is 18.6 Å². The molecule has 96 valence electrons. The van der Waals surface area contributed by atoms with Gasteiger partial charge in [-0.15, -0.1) is 0 Å². The Kier molecular flexibility index (Phi) is 3.47. The number of ether oxygens (including phenoxy) is 1. The maximum atomic E-state index is 9.29. The number of hydrogen-bond donors (Lipinski definition) is 0. The van der Waals surface area contributed by atoms with Crippen LogP contribution in [-0.2, 0) is 0 Å². The molecule has 3 nitrogen and oxygen atoms in total. The highest BCUT2D eigenvalue weighted by atomic mass is 16.5. The zero-order chi connectivity index (χ0) is 13.2. The standard InChI is InChI=1S/C15H20N2O/c1-15(2)12(11-16)6-5-9-17(15)13-7-4-8-14(10-13)18-3/h4,7-8,10,12H,5-6,9H2,1-3H3. The van der Waals surface area contributed by atoms with Crippen LogP contribution in [0, 0.1) is 17.2 Å². The molecule has 1 atom stereocenters. The first-order valence-electron chi connectivity index (χ1n) is 6.41. The van der Waals surface area contributed by atoms with Gasteiger partial charge in [0.2, 0.25) is 0 Å². The molecule has 1 aromatic rings. The molecule has 1 aliphatic heterocycles. The van der Waals surface area contributed by atoms with Gasteiger partial charge in [0.25, 0.3) is 0 Å². The summed E-state index contributed by atoms with van der Waals surface area (Å²) in [5.41, 5.74) is 1.01. The van der Waals surface area contributed by atoms with Crippen LogP contribution in [0.5, 0.6) is 5.75 Å². The van der Waals surface area contributed by atoms with E-state index in [1.54, 1.807) is 7.11 Å². The van der Waals surface area contributed by atoms with Gasteiger partial charge in [0.05, 0.1) is 24.6 Å². The number of hydrogen-bond acceptors (Lipinski definition) is 3. The molecule has 1 unspecified atom stereocenters. The lowest BCUT2D eigenvalue weighted by molar-refractivity contribution is 0.292. The number of anilines is 1. The Bertz CT molecular complexity index is 462. The topological polar surface area (TPSA) is 36.3 Å². The third kappa shape index (κ3) is 2.15. The van der Waals surface area contributed by atoms with E-state index in [0.717, 1.165) is 30.8 Å². The monoisotopic (exact) mass is 244 g/mol. The maximum absolute atomic E-state index is 9.29. The molecule has 0 N–H and O–H groups in total. The minimum absolute atomic E-state index is 0.0810. The molecule has 0 aromatic heterocycles. The highest BCUT2D eigenvalue weighted by molar-refractivity contribution is 5.53. The van der Waals surface area contributed by atoms with Crippen molar-refractivity contribution in [3.8, 4) is 11.8 Å². The van der Waals surface area contributed by atoms with Gasteiger partial charge in [-0.1, -0.05) is 6.07 Å². The van der Waals surface area contributed by atoms with E-state index < -0.39 is 0 Å². The third-order valence-corrected chi connectivity index (χ3v) is 3.94. The number of benzene rings is 1. The number of methoxy groups -OCH3 is 1. The average molecular weight is 244 g/mol. The van der Waals surface area contributed by atoms with Gasteiger partial charge in [0.1, 0.15) is 5.75 Å². The summed E-state index contributed by atoms with van der Waals surface area (Å²) in [6, 6.07) is 10.5. The SMILES string of the molecule is COc1cccc(N2CCCC(C#N)C2(C)C)c1. The lowest BCUT2D eigenvalue weighted by Gasteiger charge is -2.47. The third-order valence-electron chi connectivity index (χ3n) is 3.94. The van der Waals surface area contributed by atoms with E-state index in [1.165, 1.54) is 0 Å². The Morgan fingerprint density at radius 2 is 2.22 bits per heavy atom. The van der Waals surface area contributed by atoms with Gasteiger partial charge < -0.3 is 9.64 Å². The van der Waals surface area contributed by atoms with Crippen LogP contribution >= 0.6 is 0 Å². The minimum Gasteiger partial charge on any atom is -0.497 e. The van der Waals surface area contributed by atoms with Crippen LogP contribution in [0.2, 0.25) is 0 Å². The molecule has 2 rings (SSSR count). The number of nitrogens with zero attached hydrogens (tertiary/aromatic N) is 2. The van der Waals surface area contributed by atoms with Gasteiger partial charge in [-0.05, 0) is 38.8 Å². The molecule has 0 bridgehead atoms. The number of nitriles is 1. The summed E-state index contributed by atoms with van der Waals surface area (Å²) >= 11 is 0. The van der Waals surface area contributed by atoms with Crippen molar-refractivity contribution in [3.63, 3.8) is 0 Å². The molecule has 1 fully saturated rings. The minimum atomic E-state index is -0.126. The Balaban J connectivity index is 2.34. The van der Waals surface area contributed by atoms with Crippen molar-refractivity contribution in [1.29, 1.82) is 5.26 Å². The van der Waals surface area contributed by atoms with Crippen LogP contribution in [0.1, 0.15) is 26.7 Å². The Morgan fingerprint density at radius 1 is 1.44 bits per heavy atom. The fourth-order valence-corrected chi connectivity index (χ4v) is 2.75. The molecule has 0 aliphatic carbocycles. The van der Waals surface area contributed by atoms with Crippen LogP contribution in [0.25, 0.3) is 0 Å². The zero-order valence-electron chi connectivity index (χ0n) is 11.3. The summed E-state index contributed by atoms with van der Waals surface area (Å²) < 4.78 is 5.28. The van der Waals surface area contributed by atoms with E-state index >= 15 is 0 Å². The van der Waals surface area contributed by atoms with Crippen molar-refractivity contribution in [1.82, 2.24) is 0 Å². The quantitative estimate of drug-likeness (QED) is 0.801. The molecule has 0 radical (unpaired) electrons. The van der Waals surface area contributed by atoms with E-state index in [9.17, 15) is 5.26 Å². The van der Waals surface area contributed by atoms with E-state index in [-0.39, 0.29) is 11.5 Å². The van der Waals surface area contributed by atoms with Crippen molar-refractivity contribution in [3.05, 3.63) is 24.3 Å². The maximum Gasteiger partial charge on any atom is 0.120 e. The fraction of sp³-hybridized carbons (Fsp3) is 0.533. The highest BCUT2D eigenvalue weighted by Crippen LogP contribution is 2.37. The van der Waals surface area contributed by atoms with Gasteiger partial charge >= 0.3 is 0 Å². The van der Waals surface area contributed by atoms with Gasteiger partial charge in [-0.3, -0.25) is 0 Å². The molecule has 0 saturated carbocycles. The largest absolute Gasteiger partial charge is 0.497 e. The summed E-state index contributed by atoms with van der Waals surface area (Å²) in [5.74, 6) is 0.944. The van der Waals surface area contributed by atoms with E-state index in [1.807, 2.05) is 18.2 Å². The first kappa shape index (κ1) is 12.8. The van der Waals surface area contributed by atoms with Crippen molar-refractivity contribution >= 4 is 5.69 Å². The Hall–Kier alpha value is -1.69. The van der Waals surface area contributed by atoms with Crippen molar-refractivity contribution in [2.24, 2.45) is 5.92 Å². The first-order valence-corrected chi connectivity index (χ1v) is 6.41. The smallest absolute Gasteiger partial charge is 0.120 e. The summed E-state index contributed by atoms with van der Waals surface area (Å²) in [7, 11) is 1.68. The second-order valence-corrected chi connectivity index (χ2v) is 5.33. The van der Waals surface area contributed by atoms with Crippen molar-refractivity contribution < 1.29 is 4.74 Å².